The van der Waals surface area contributed by atoms with E-state index in [1.807, 2.05) is 44.2 Å². The largest absolute Gasteiger partial charge is 0.467 e. The van der Waals surface area contributed by atoms with Crippen molar-refractivity contribution < 1.29 is 28.7 Å². The van der Waals surface area contributed by atoms with Crippen LogP contribution in [0.5, 0.6) is 0 Å². The van der Waals surface area contributed by atoms with E-state index in [0.29, 0.717) is 12.8 Å². The van der Waals surface area contributed by atoms with Gasteiger partial charge >= 0.3 is 5.97 Å². The first-order valence-electron chi connectivity index (χ1n) is 11.2. The van der Waals surface area contributed by atoms with Crippen LogP contribution in [0.4, 0.5) is 0 Å². The lowest BCUT2D eigenvalue weighted by atomic mass is 10.0. The molecule has 0 radical (unpaired) electrons. The summed E-state index contributed by atoms with van der Waals surface area (Å²) < 4.78 is 4.83. The molecule has 4 amide bonds. The van der Waals surface area contributed by atoms with Crippen molar-refractivity contribution in [3.63, 3.8) is 0 Å². The van der Waals surface area contributed by atoms with E-state index in [1.165, 1.54) is 28.7 Å². The Balaban J connectivity index is 2.38. The van der Waals surface area contributed by atoms with Crippen LogP contribution in [0.1, 0.15) is 25.8 Å². The second-order valence-electron chi connectivity index (χ2n) is 8.43. The molecule has 1 saturated heterocycles. The van der Waals surface area contributed by atoms with Crippen LogP contribution in [0.15, 0.2) is 30.3 Å². The maximum absolute atomic E-state index is 13.3. The fourth-order valence-corrected chi connectivity index (χ4v) is 5.73. The van der Waals surface area contributed by atoms with E-state index in [2.05, 4.69) is 21.3 Å². The lowest BCUT2D eigenvalue weighted by Crippen LogP contribution is -2.58. The highest BCUT2D eigenvalue weighted by Gasteiger charge is 2.32. The third-order valence-electron chi connectivity index (χ3n) is 5.20. The number of carbonyl (C=O) groups is 5. The monoisotopic (exact) mass is 524 g/mol. The molecule has 0 aromatic heterocycles. The van der Waals surface area contributed by atoms with Crippen molar-refractivity contribution in [2.24, 2.45) is 5.92 Å². The van der Waals surface area contributed by atoms with E-state index in [4.69, 9.17) is 4.74 Å². The van der Waals surface area contributed by atoms with Crippen LogP contribution < -0.4 is 21.3 Å². The highest BCUT2D eigenvalue weighted by atomic mass is 33.1. The van der Waals surface area contributed by atoms with Gasteiger partial charge < -0.3 is 26.0 Å². The average Bonchev–Trinajstić information content (AvgIpc) is 2.83. The van der Waals surface area contributed by atoms with E-state index in [-0.39, 0.29) is 23.8 Å². The van der Waals surface area contributed by atoms with Crippen LogP contribution in [0.3, 0.4) is 0 Å². The SMILES string of the molecule is COC(=O)C1CSSC[C@H](NC=O)C(=O)N[C@@H](CC(C)C)C(=O)NC(Cc2ccccc2)C(=O)N1. The van der Waals surface area contributed by atoms with Crippen molar-refractivity contribution in [2.45, 2.75) is 50.9 Å². The number of rotatable bonds is 7. The van der Waals surface area contributed by atoms with Gasteiger partial charge in [0, 0.05) is 17.9 Å². The Labute approximate surface area is 212 Å². The number of hydrogen-bond donors (Lipinski definition) is 4. The van der Waals surface area contributed by atoms with Crippen molar-refractivity contribution >= 4 is 51.7 Å². The molecule has 35 heavy (non-hydrogen) atoms. The van der Waals surface area contributed by atoms with E-state index in [9.17, 15) is 24.0 Å². The number of esters is 1. The molecule has 2 unspecified atom stereocenters. The first kappa shape index (κ1) is 28.5. The molecule has 12 heteroatoms. The fraction of sp³-hybridized carbons (Fsp3) is 0.522. The van der Waals surface area contributed by atoms with Gasteiger partial charge in [-0.05, 0) is 17.9 Å². The summed E-state index contributed by atoms with van der Waals surface area (Å²) in [6.45, 7) is 3.82. The summed E-state index contributed by atoms with van der Waals surface area (Å²) in [6.07, 6.45) is 0.951. The maximum atomic E-state index is 13.3. The van der Waals surface area contributed by atoms with Gasteiger partial charge in [-0.3, -0.25) is 19.2 Å². The predicted molar refractivity (Wildman–Crippen MR) is 135 cm³/mol. The Hall–Kier alpha value is -2.73. The van der Waals surface area contributed by atoms with Crippen LogP contribution in [0, 0.1) is 5.92 Å². The third kappa shape index (κ3) is 9.44. The molecule has 1 aliphatic heterocycles. The van der Waals surface area contributed by atoms with E-state index in [0.717, 1.165) is 5.56 Å². The van der Waals surface area contributed by atoms with Gasteiger partial charge in [0.1, 0.15) is 24.2 Å². The zero-order valence-corrected chi connectivity index (χ0v) is 21.6. The number of benzene rings is 1. The predicted octanol–water partition coefficient (Wildman–Crippen LogP) is 0.412. The molecule has 0 saturated carbocycles. The Morgan fingerprint density at radius 3 is 2.29 bits per heavy atom. The average molecular weight is 525 g/mol. The Kier molecular flexibility index (Phi) is 11.9. The summed E-state index contributed by atoms with van der Waals surface area (Å²) in [5.41, 5.74) is 0.813. The van der Waals surface area contributed by atoms with E-state index in [1.54, 1.807) is 0 Å². The Morgan fingerprint density at radius 2 is 1.66 bits per heavy atom. The first-order chi connectivity index (χ1) is 16.7. The molecular formula is C23H32N4O6S2. The molecule has 1 aromatic rings. The molecule has 10 nitrogen and oxygen atoms in total. The lowest BCUT2D eigenvalue weighted by molar-refractivity contribution is -0.144. The first-order valence-corrected chi connectivity index (χ1v) is 13.7. The molecule has 0 spiro atoms. The van der Waals surface area contributed by atoms with Crippen molar-refractivity contribution in [3.05, 3.63) is 35.9 Å². The third-order valence-corrected chi connectivity index (χ3v) is 7.62. The van der Waals surface area contributed by atoms with Crippen molar-refractivity contribution in [1.82, 2.24) is 21.3 Å². The Bertz CT molecular complexity index is 886. The van der Waals surface area contributed by atoms with E-state index < -0.39 is 47.9 Å². The van der Waals surface area contributed by atoms with Crippen LogP contribution in [0.25, 0.3) is 0 Å². The minimum atomic E-state index is -0.992. The Morgan fingerprint density at radius 1 is 1.03 bits per heavy atom. The molecule has 0 aliphatic carbocycles. The number of ether oxygens (including phenoxy) is 1. The summed E-state index contributed by atoms with van der Waals surface area (Å²) in [6, 6.07) is 5.42. The number of carbonyl (C=O) groups excluding carboxylic acids is 5. The summed E-state index contributed by atoms with van der Waals surface area (Å²) in [5, 5.41) is 10.6. The van der Waals surface area contributed by atoms with Crippen LogP contribution in [-0.4, -0.2) is 72.9 Å². The molecule has 1 aliphatic rings. The minimum absolute atomic E-state index is 0.0671. The second-order valence-corrected chi connectivity index (χ2v) is 11.0. The van der Waals surface area contributed by atoms with Crippen LogP contribution >= 0.6 is 21.6 Å². The van der Waals surface area contributed by atoms with Gasteiger partial charge in [-0.1, -0.05) is 65.8 Å². The quantitative estimate of drug-likeness (QED) is 0.228. The van der Waals surface area contributed by atoms with E-state index >= 15 is 0 Å². The zero-order chi connectivity index (χ0) is 25.8. The topological polar surface area (TPSA) is 143 Å². The molecule has 1 aromatic carbocycles. The molecule has 0 bridgehead atoms. The maximum Gasteiger partial charge on any atom is 0.329 e. The fourth-order valence-electron chi connectivity index (χ4n) is 3.40. The molecular weight excluding hydrogens is 492 g/mol. The highest BCUT2D eigenvalue weighted by molar-refractivity contribution is 8.76. The molecule has 1 fully saturated rings. The van der Waals surface area contributed by atoms with Crippen LogP contribution in [-0.2, 0) is 35.1 Å². The lowest BCUT2D eigenvalue weighted by Gasteiger charge is -2.27. The molecule has 1 heterocycles. The minimum Gasteiger partial charge on any atom is -0.467 e. The zero-order valence-electron chi connectivity index (χ0n) is 19.9. The van der Waals surface area contributed by atoms with Crippen LogP contribution in [0.2, 0.25) is 0 Å². The smallest absolute Gasteiger partial charge is 0.329 e. The van der Waals surface area contributed by atoms with Crippen molar-refractivity contribution in [2.75, 3.05) is 18.6 Å². The van der Waals surface area contributed by atoms with Gasteiger partial charge in [-0.15, -0.1) is 0 Å². The number of nitrogens with one attached hydrogen (secondary N) is 4. The molecule has 2 rings (SSSR count). The summed E-state index contributed by atoms with van der Waals surface area (Å²) in [5.74, 6) is -1.75. The van der Waals surface area contributed by atoms with Gasteiger partial charge in [0.2, 0.25) is 24.1 Å². The summed E-state index contributed by atoms with van der Waals surface area (Å²) >= 11 is 0. The second kappa shape index (κ2) is 14.6. The number of hydrogen-bond acceptors (Lipinski definition) is 8. The summed E-state index contributed by atoms with van der Waals surface area (Å²) in [4.78, 5) is 62.7. The highest BCUT2D eigenvalue weighted by Crippen LogP contribution is 2.24. The normalized spacial score (nSPS) is 24.4. The van der Waals surface area contributed by atoms with Gasteiger partial charge in [0.25, 0.3) is 0 Å². The van der Waals surface area contributed by atoms with Crippen molar-refractivity contribution in [3.8, 4) is 0 Å². The molecule has 192 valence electrons. The van der Waals surface area contributed by atoms with Gasteiger partial charge in [-0.25, -0.2) is 4.79 Å². The standard InChI is InChI=1S/C23H32N4O6S2/c1-14(2)9-16-20(29)26-17(10-15-7-5-4-6-8-15)21(30)27-19(23(32)33-3)12-35-34-11-18(24-13-28)22(31)25-16/h4-8,13-14,16-19H,9-12H2,1-3H3,(H,24,28)(H,25,31)(H,26,29)(H,27,30)/t16-,17?,18-,19?/m0/s1. The molecule has 4 N–H and O–H groups in total. The summed E-state index contributed by atoms with van der Waals surface area (Å²) in [7, 11) is 3.75. The van der Waals surface area contributed by atoms with Gasteiger partial charge in [0.15, 0.2) is 0 Å². The van der Waals surface area contributed by atoms with Gasteiger partial charge in [-0.2, -0.15) is 0 Å². The number of amides is 4. The molecule has 4 atom stereocenters. The van der Waals surface area contributed by atoms with Crippen molar-refractivity contribution in [1.29, 1.82) is 0 Å². The van der Waals surface area contributed by atoms with Gasteiger partial charge in [0.05, 0.1) is 7.11 Å². The number of methoxy groups -OCH3 is 1.